The summed E-state index contributed by atoms with van der Waals surface area (Å²) < 4.78 is 11.7. The molecule has 3 rings (SSSR count). The van der Waals surface area contributed by atoms with Gasteiger partial charge in [0, 0.05) is 18.3 Å². The van der Waals surface area contributed by atoms with Crippen molar-refractivity contribution in [1.29, 1.82) is 0 Å². The molecule has 0 saturated heterocycles. The SMILES string of the molecule is COC(=O)Cc1ccc(C=CCn2cccc2C(=O)c2ccc(OC)cc2)cc1. The number of carbonyl (C=O) groups excluding carboxylic acids is 2. The average molecular weight is 389 g/mol. The maximum atomic E-state index is 12.8. The number of rotatable bonds is 8. The molecule has 0 spiro atoms. The first-order valence-electron chi connectivity index (χ1n) is 9.27. The normalized spacial score (nSPS) is 10.8. The molecule has 0 aliphatic carbocycles. The van der Waals surface area contributed by atoms with E-state index < -0.39 is 0 Å². The molecule has 0 aliphatic heterocycles. The van der Waals surface area contributed by atoms with E-state index in [1.54, 1.807) is 31.4 Å². The smallest absolute Gasteiger partial charge is 0.309 e. The van der Waals surface area contributed by atoms with Crippen molar-refractivity contribution >= 4 is 17.8 Å². The Morgan fingerprint density at radius 1 is 0.966 bits per heavy atom. The molecule has 3 aromatic rings. The Labute approximate surface area is 170 Å². The number of hydrogen-bond donors (Lipinski definition) is 0. The number of esters is 1. The van der Waals surface area contributed by atoms with Gasteiger partial charge in [-0.25, -0.2) is 0 Å². The van der Waals surface area contributed by atoms with Crippen molar-refractivity contribution in [2.75, 3.05) is 14.2 Å². The highest BCUT2D eigenvalue weighted by atomic mass is 16.5. The zero-order chi connectivity index (χ0) is 20.6. The second-order valence-corrected chi connectivity index (χ2v) is 6.50. The van der Waals surface area contributed by atoms with Crippen LogP contribution in [0.2, 0.25) is 0 Å². The van der Waals surface area contributed by atoms with Crippen molar-refractivity contribution in [2.24, 2.45) is 0 Å². The van der Waals surface area contributed by atoms with Gasteiger partial charge in [0.2, 0.25) is 5.78 Å². The van der Waals surface area contributed by atoms with Crippen LogP contribution in [0.5, 0.6) is 5.75 Å². The van der Waals surface area contributed by atoms with E-state index >= 15 is 0 Å². The molecule has 2 aromatic carbocycles. The van der Waals surface area contributed by atoms with E-state index in [0.717, 1.165) is 16.9 Å². The van der Waals surface area contributed by atoms with Gasteiger partial charge in [-0.15, -0.1) is 0 Å². The second-order valence-electron chi connectivity index (χ2n) is 6.50. The van der Waals surface area contributed by atoms with Gasteiger partial charge in [0.05, 0.1) is 26.3 Å². The number of hydrogen-bond acceptors (Lipinski definition) is 4. The predicted molar refractivity (Wildman–Crippen MR) is 112 cm³/mol. The lowest BCUT2D eigenvalue weighted by Gasteiger charge is -2.07. The van der Waals surface area contributed by atoms with Crippen LogP contribution in [0.25, 0.3) is 6.08 Å². The van der Waals surface area contributed by atoms with E-state index in [-0.39, 0.29) is 18.2 Å². The Morgan fingerprint density at radius 3 is 2.34 bits per heavy atom. The van der Waals surface area contributed by atoms with Crippen LogP contribution in [0.15, 0.2) is 72.9 Å². The summed E-state index contributed by atoms with van der Waals surface area (Å²) in [7, 11) is 2.98. The number of allylic oxidation sites excluding steroid dienone is 1. The largest absolute Gasteiger partial charge is 0.497 e. The summed E-state index contributed by atoms with van der Waals surface area (Å²) in [4.78, 5) is 24.1. The van der Waals surface area contributed by atoms with Crippen LogP contribution in [0.4, 0.5) is 0 Å². The summed E-state index contributed by atoms with van der Waals surface area (Å²) >= 11 is 0. The van der Waals surface area contributed by atoms with Gasteiger partial charge in [0.25, 0.3) is 0 Å². The van der Waals surface area contributed by atoms with Crippen molar-refractivity contribution in [3.05, 3.63) is 95.3 Å². The third-order valence-corrected chi connectivity index (χ3v) is 4.58. The van der Waals surface area contributed by atoms with Crippen LogP contribution in [0.1, 0.15) is 27.2 Å². The molecule has 0 N–H and O–H groups in total. The number of aromatic nitrogens is 1. The first-order chi connectivity index (χ1) is 14.1. The third kappa shape index (κ3) is 5.23. The molecule has 29 heavy (non-hydrogen) atoms. The van der Waals surface area contributed by atoms with Crippen molar-refractivity contribution in [1.82, 2.24) is 4.57 Å². The van der Waals surface area contributed by atoms with Gasteiger partial charge in [0.15, 0.2) is 0 Å². The number of benzene rings is 2. The van der Waals surface area contributed by atoms with Crippen molar-refractivity contribution < 1.29 is 19.1 Å². The quantitative estimate of drug-likeness (QED) is 0.429. The first kappa shape index (κ1) is 20.1. The number of carbonyl (C=O) groups is 2. The Morgan fingerprint density at radius 2 is 1.69 bits per heavy atom. The van der Waals surface area contributed by atoms with Crippen LogP contribution in [0, 0.1) is 0 Å². The molecule has 1 heterocycles. The standard InChI is InChI=1S/C24H23NO4/c1-28-21-13-11-20(12-14-21)24(27)22-6-4-16-25(22)15-3-5-18-7-9-19(10-8-18)17-23(26)29-2/h3-14,16H,15,17H2,1-2H3. The summed E-state index contributed by atoms with van der Waals surface area (Å²) in [5.74, 6) is 0.436. The van der Waals surface area contributed by atoms with Crippen molar-refractivity contribution in [3.8, 4) is 5.75 Å². The summed E-state index contributed by atoms with van der Waals surface area (Å²) in [6.07, 6.45) is 6.14. The maximum absolute atomic E-state index is 12.8. The van der Waals surface area contributed by atoms with E-state index in [4.69, 9.17) is 4.74 Å². The molecule has 148 valence electrons. The molecule has 0 radical (unpaired) electrons. The molecular weight excluding hydrogens is 366 g/mol. The zero-order valence-electron chi connectivity index (χ0n) is 16.5. The van der Waals surface area contributed by atoms with Gasteiger partial charge in [0.1, 0.15) is 5.75 Å². The fourth-order valence-corrected chi connectivity index (χ4v) is 2.96. The van der Waals surface area contributed by atoms with Gasteiger partial charge in [-0.05, 0) is 47.5 Å². The molecule has 0 unspecified atom stereocenters. The van der Waals surface area contributed by atoms with E-state index in [9.17, 15) is 9.59 Å². The lowest BCUT2D eigenvalue weighted by molar-refractivity contribution is -0.139. The summed E-state index contributed by atoms with van der Waals surface area (Å²) in [6, 6.07) is 18.5. The summed E-state index contributed by atoms with van der Waals surface area (Å²) in [6.45, 7) is 0.578. The van der Waals surface area contributed by atoms with Crippen LogP contribution in [-0.4, -0.2) is 30.5 Å². The molecule has 0 fully saturated rings. The predicted octanol–water partition coefficient (Wildman–Crippen LogP) is 4.16. The van der Waals surface area contributed by atoms with E-state index in [0.29, 0.717) is 17.8 Å². The fourth-order valence-electron chi connectivity index (χ4n) is 2.96. The lowest BCUT2D eigenvalue weighted by atomic mass is 10.1. The molecule has 0 saturated carbocycles. The van der Waals surface area contributed by atoms with Gasteiger partial charge < -0.3 is 14.0 Å². The molecule has 0 bridgehead atoms. The Bertz CT molecular complexity index is 998. The topological polar surface area (TPSA) is 57.5 Å². The maximum Gasteiger partial charge on any atom is 0.309 e. The Balaban J connectivity index is 1.65. The zero-order valence-corrected chi connectivity index (χ0v) is 16.5. The highest BCUT2D eigenvalue weighted by molar-refractivity contribution is 6.08. The van der Waals surface area contributed by atoms with E-state index in [2.05, 4.69) is 4.74 Å². The van der Waals surface area contributed by atoms with Crippen LogP contribution >= 0.6 is 0 Å². The van der Waals surface area contributed by atoms with Gasteiger partial charge in [-0.3, -0.25) is 9.59 Å². The molecule has 0 aliphatic rings. The number of nitrogens with zero attached hydrogens (tertiary/aromatic N) is 1. The van der Waals surface area contributed by atoms with Crippen molar-refractivity contribution in [2.45, 2.75) is 13.0 Å². The third-order valence-electron chi connectivity index (χ3n) is 4.58. The summed E-state index contributed by atoms with van der Waals surface area (Å²) in [5.41, 5.74) is 3.18. The highest BCUT2D eigenvalue weighted by Gasteiger charge is 2.12. The minimum absolute atomic E-state index is 0.0294. The first-order valence-corrected chi connectivity index (χ1v) is 9.27. The second kappa shape index (κ2) is 9.55. The van der Waals surface area contributed by atoms with Crippen LogP contribution in [-0.2, 0) is 22.5 Å². The van der Waals surface area contributed by atoms with Crippen LogP contribution in [0.3, 0.4) is 0 Å². The van der Waals surface area contributed by atoms with Gasteiger partial charge in [-0.2, -0.15) is 0 Å². The van der Waals surface area contributed by atoms with Gasteiger partial charge >= 0.3 is 5.97 Å². The lowest BCUT2D eigenvalue weighted by Crippen LogP contribution is -2.09. The molecule has 0 amide bonds. The minimum Gasteiger partial charge on any atom is -0.497 e. The number of ketones is 1. The molecule has 5 nitrogen and oxygen atoms in total. The summed E-state index contributed by atoms with van der Waals surface area (Å²) in [5, 5.41) is 0. The number of methoxy groups -OCH3 is 2. The molecule has 5 heteroatoms. The molecule has 1 aromatic heterocycles. The fraction of sp³-hybridized carbons (Fsp3) is 0.167. The Kier molecular flexibility index (Phi) is 6.63. The Hall–Kier alpha value is -3.60. The van der Waals surface area contributed by atoms with E-state index in [1.807, 2.05) is 59.3 Å². The molecule has 0 atom stereocenters. The molecular formula is C24H23NO4. The minimum atomic E-state index is -0.255. The highest BCUT2D eigenvalue weighted by Crippen LogP contribution is 2.16. The average Bonchev–Trinajstić information content (AvgIpc) is 3.23. The van der Waals surface area contributed by atoms with Crippen molar-refractivity contribution in [3.63, 3.8) is 0 Å². The monoisotopic (exact) mass is 389 g/mol. The number of ether oxygens (including phenoxy) is 2. The van der Waals surface area contributed by atoms with Crippen LogP contribution < -0.4 is 4.74 Å². The van der Waals surface area contributed by atoms with E-state index in [1.165, 1.54) is 7.11 Å². The van der Waals surface area contributed by atoms with Gasteiger partial charge in [-0.1, -0.05) is 36.4 Å².